The lowest BCUT2D eigenvalue weighted by molar-refractivity contribution is -0.127. The third-order valence-corrected chi connectivity index (χ3v) is 11.4. The van der Waals surface area contributed by atoms with Crippen LogP contribution in [0.2, 0.25) is 0 Å². The summed E-state index contributed by atoms with van der Waals surface area (Å²) in [6.45, 7) is -2.71. The lowest BCUT2D eigenvalue weighted by Gasteiger charge is -2.22. The van der Waals surface area contributed by atoms with Crippen molar-refractivity contribution in [2.24, 2.45) is 35.5 Å². The molecular weight excluding hydrogens is 867 g/mol. The molecule has 6 atom stereocenters. The fourth-order valence-electron chi connectivity index (χ4n) is 7.81. The number of fused-ring (bicyclic) bond motifs is 2. The Balaban J connectivity index is 1.03. The summed E-state index contributed by atoms with van der Waals surface area (Å²) in [5.74, 6) is 11.3. The van der Waals surface area contributed by atoms with E-state index < -0.39 is 93.0 Å². The van der Waals surface area contributed by atoms with E-state index in [1.54, 1.807) is 0 Å². The van der Waals surface area contributed by atoms with Gasteiger partial charge in [0.15, 0.2) is 0 Å². The first-order chi connectivity index (χ1) is 31.9. The normalized spacial score (nSPS) is 20.7. The summed E-state index contributed by atoms with van der Waals surface area (Å²) < 4.78 is 20.8. The van der Waals surface area contributed by atoms with E-state index in [0.717, 1.165) is 51.4 Å². The second-order valence-corrected chi connectivity index (χ2v) is 16.0. The number of amides is 9. The highest BCUT2D eigenvalue weighted by molar-refractivity contribution is 5.90. The summed E-state index contributed by atoms with van der Waals surface area (Å²) in [6, 6.07) is 0. The molecular formula is C43H63N9O14. The van der Waals surface area contributed by atoms with Crippen molar-refractivity contribution in [2.45, 2.75) is 51.4 Å². The maximum absolute atomic E-state index is 12.8. The molecule has 0 aromatic rings. The molecule has 0 saturated heterocycles. The van der Waals surface area contributed by atoms with Gasteiger partial charge in [0.2, 0.25) is 35.4 Å². The maximum atomic E-state index is 12.8. The summed E-state index contributed by atoms with van der Waals surface area (Å²) in [5, 5.41) is 28.0. The molecule has 0 radical (unpaired) electrons. The molecule has 0 heterocycles. The second-order valence-electron chi connectivity index (χ2n) is 16.0. The van der Waals surface area contributed by atoms with Crippen molar-refractivity contribution in [1.29, 1.82) is 0 Å². The Labute approximate surface area is 383 Å². The number of nitrogens with one attached hydrogen (secondary N) is 8. The van der Waals surface area contributed by atoms with Crippen LogP contribution in [0, 0.1) is 59.2 Å². The van der Waals surface area contributed by atoms with E-state index in [1.807, 2.05) is 0 Å². The molecule has 0 aromatic carbocycles. The zero-order valence-electron chi connectivity index (χ0n) is 37.1. The molecule has 0 aromatic heterocycles. The van der Waals surface area contributed by atoms with Crippen molar-refractivity contribution >= 4 is 53.7 Å². The number of carbonyl (C=O) groups excluding carboxylic acids is 9. The SMILES string of the molecule is O=C(CNC(=O)CNC(=O)CNC(=O)OCC1[C@H]2CCC#CCC[C@@H]12)NCCN(CCNC(=O)CNC(=O)CNC(=O)CNC(=O)OCC1[C@H]2CCC#CCC[C@@H]12)C(=O)OCCOCCO. The minimum Gasteiger partial charge on any atom is -0.449 e. The van der Waals surface area contributed by atoms with Crippen molar-refractivity contribution in [3.05, 3.63) is 0 Å². The van der Waals surface area contributed by atoms with Gasteiger partial charge in [-0.25, -0.2) is 14.4 Å². The van der Waals surface area contributed by atoms with Crippen LogP contribution in [0.15, 0.2) is 0 Å². The van der Waals surface area contributed by atoms with Gasteiger partial charge < -0.3 is 71.5 Å². The van der Waals surface area contributed by atoms with Crippen molar-refractivity contribution < 1.29 is 67.2 Å². The largest absolute Gasteiger partial charge is 0.449 e. The fourth-order valence-corrected chi connectivity index (χ4v) is 7.81. The summed E-state index contributed by atoms with van der Waals surface area (Å²) in [6.07, 6.45) is 5.06. The predicted molar refractivity (Wildman–Crippen MR) is 231 cm³/mol. The summed E-state index contributed by atoms with van der Waals surface area (Å²) >= 11 is 0. The molecule has 4 rings (SSSR count). The van der Waals surface area contributed by atoms with Gasteiger partial charge in [-0.15, -0.1) is 23.7 Å². The summed E-state index contributed by atoms with van der Waals surface area (Å²) in [5.41, 5.74) is 0. The van der Waals surface area contributed by atoms with E-state index in [1.165, 1.54) is 4.90 Å². The Hall–Kier alpha value is -6.33. The van der Waals surface area contributed by atoms with Crippen molar-refractivity contribution in [1.82, 2.24) is 47.4 Å². The van der Waals surface area contributed by atoms with E-state index in [-0.39, 0.29) is 65.8 Å². The van der Waals surface area contributed by atoms with E-state index in [9.17, 15) is 43.2 Å². The average molecular weight is 930 g/mol. The highest BCUT2D eigenvalue weighted by atomic mass is 16.6. The zero-order valence-corrected chi connectivity index (χ0v) is 37.1. The molecule has 23 heteroatoms. The van der Waals surface area contributed by atoms with Crippen LogP contribution in [-0.2, 0) is 47.7 Å². The van der Waals surface area contributed by atoms with E-state index >= 15 is 0 Å². The quantitative estimate of drug-likeness (QED) is 0.0233. The van der Waals surface area contributed by atoms with E-state index in [4.69, 9.17) is 24.1 Å². The Morgan fingerprint density at radius 1 is 0.455 bits per heavy atom. The number of aliphatic hydroxyl groups is 1. The standard InChI is InChI=1S/C43H63N9O14/c53-17-18-63-19-20-64-43(62)52(15-13-44-35(54)21-46-37(56)23-48-39(58)25-50-41(60)65-27-33-29-9-5-1-2-6-10-30(29)33)16-14-45-36(55)22-47-38(57)24-49-40(59)26-51-42(61)66-28-34-31-11-7-3-4-8-12-32(31)34/h29-34,53H,5-28H2,(H,44,54)(H,45,55)(H,46,56)(H,47,57)(H,48,58)(H,49,59)(H,50,60)(H,51,61)/t29-,30+,31-,32+,33?,34?. The van der Waals surface area contributed by atoms with Crippen LogP contribution in [0.5, 0.6) is 0 Å². The minimum absolute atomic E-state index is 0.00964. The van der Waals surface area contributed by atoms with Gasteiger partial charge in [-0.3, -0.25) is 28.8 Å². The van der Waals surface area contributed by atoms with Gasteiger partial charge in [-0.2, -0.15) is 0 Å². The first-order valence-corrected chi connectivity index (χ1v) is 22.4. The first-order valence-electron chi connectivity index (χ1n) is 22.4. The zero-order chi connectivity index (χ0) is 47.5. The molecule has 0 aliphatic heterocycles. The number of rotatable bonds is 27. The Bertz CT molecular complexity index is 1680. The van der Waals surface area contributed by atoms with Gasteiger partial charge in [0, 0.05) is 51.9 Å². The van der Waals surface area contributed by atoms with Crippen molar-refractivity contribution in [2.75, 3.05) is 105 Å². The van der Waals surface area contributed by atoms with Crippen LogP contribution in [0.4, 0.5) is 14.4 Å². The first kappa shape index (κ1) is 52.3. The highest BCUT2D eigenvalue weighted by Gasteiger charge is 2.50. The summed E-state index contributed by atoms with van der Waals surface area (Å²) in [4.78, 5) is 112. The lowest BCUT2D eigenvalue weighted by Crippen LogP contribution is -2.47. The van der Waals surface area contributed by atoms with Crippen molar-refractivity contribution in [3.8, 4) is 23.7 Å². The predicted octanol–water partition coefficient (Wildman–Crippen LogP) is -2.54. The number of ether oxygens (including phenoxy) is 4. The second kappa shape index (κ2) is 29.3. The number of nitrogens with zero attached hydrogens (tertiary/aromatic N) is 1. The number of aliphatic hydroxyl groups excluding tert-OH is 1. The Morgan fingerprint density at radius 3 is 1.17 bits per heavy atom. The summed E-state index contributed by atoms with van der Waals surface area (Å²) in [7, 11) is 0. The third-order valence-electron chi connectivity index (χ3n) is 11.4. The molecule has 2 fully saturated rings. The van der Waals surface area contributed by atoms with E-state index in [2.05, 4.69) is 66.2 Å². The monoisotopic (exact) mass is 929 g/mol. The van der Waals surface area contributed by atoms with Gasteiger partial charge in [0.05, 0.1) is 59.2 Å². The van der Waals surface area contributed by atoms with Gasteiger partial charge in [0.1, 0.15) is 19.7 Å². The van der Waals surface area contributed by atoms with Crippen LogP contribution in [-0.4, -0.2) is 169 Å². The van der Waals surface area contributed by atoms with Crippen LogP contribution in [0.25, 0.3) is 0 Å². The number of hydrogen-bond acceptors (Lipinski definition) is 14. The smallest absolute Gasteiger partial charge is 0.409 e. The molecule has 4 aliphatic carbocycles. The molecule has 4 aliphatic rings. The van der Waals surface area contributed by atoms with Crippen molar-refractivity contribution in [3.63, 3.8) is 0 Å². The number of hydrogen-bond donors (Lipinski definition) is 9. The Kier molecular flexibility index (Phi) is 23.2. The van der Waals surface area contributed by atoms with Gasteiger partial charge in [0.25, 0.3) is 0 Å². The Morgan fingerprint density at radius 2 is 0.803 bits per heavy atom. The number of alkyl carbamates (subject to hydrolysis) is 2. The van der Waals surface area contributed by atoms with Crippen LogP contribution in [0.3, 0.4) is 0 Å². The van der Waals surface area contributed by atoms with E-state index in [0.29, 0.717) is 35.5 Å². The van der Waals surface area contributed by atoms with Crippen LogP contribution >= 0.6 is 0 Å². The topological polar surface area (TPSA) is 310 Å². The average Bonchev–Trinajstić information content (AvgIpc) is 4.16. The number of carbonyl (C=O) groups is 9. The van der Waals surface area contributed by atoms with Gasteiger partial charge in [-0.05, 0) is 61.2 Å². The molecule has 66 heavy (non-hydrogen) atoms. The fraction of sp³-hybridized carbons (Fsp3) is 0.698. The van der Waals surface area contributed by atoms with Crippen LogP contribution < -0.4 is 42.5 Å². The molecule has 9 amide bonds. The van der Waals surface area contributed by atoms with Crippen LogP contribution in [0.1, 0.15) is 51.4 Å². The van der Waals surface area contributed by atoms with Gasteiger partial charge in [-0.1, -0.05) is 0 Å². The molecule has 9 N–H and O–H groups in total. The highest BCUT2D eigenvalue weighted by Crippen LogP contribution is 2.53. The van der Waals surface area contributed by atoms with Gasteiger partial charge >= 0.3 is 18.3 Å². The molecule has 0 spiro atoms. The third kappa shape index (κ3) is 20.7. The molecule has 0 bridgehead atoms. The molecule has 23 nitrogen and oxygen atoms in total. The lowest BCUT2D eigenvalue weighted by atomic mass is 10.1. The molecule has 2 unspecified atom stereocenters. The molecule has 2 saturated carbocycles. The molecule has 364 valence electrons. The minimum atomic E-state index is -0.798. The maximum Gasteiger partial charge on any atom is 0.409 e.